The van der Waals surface area contributed by atoms with Crippen LogP contribution in [0.2, 0.25) is 0 Å². The fourth-order valence-electron chi connectivity index (χ4n) is 0.699. The minimum Gasteiger partial charge on any atom is -0.300 e. The molecule has 0 amide bonds. The van der Waals surface area contributed by atoms with Gasteiger partial charge in [0.15, 0.2) is 0 Å². The summed E-state index contributed by atoms with van der Waals surface area (Å²) in [6.07, 6.45) is 1.33. The third kappa shape index (κ3) is 6.23. The van der Waals surface area contributed by atoms with Gasteiger partial charge in [-0.1, -0.05) is 13.8 Å². The predicted molar refractivity (Wildman–Crippen MR) is 48.1 cm³/mol. The van der Waals surface area contributed by atoms with Crippen molar-refractivity contribution < 1.29 is 9.00 Å². The van der Waals surface area contributed by atoms with Gasteiger partial charge < -0.3 is 4.79 Å². The van der Waals surface area contributed by atoms with Gasteiger partial charge in [-0.15, -0.1) is 0 Å². The number of hydrogen-bond donors (Lipinski definition) is 0. The van der Waals surface area contributed by atoms with Crippen LogP contribution in [0.3, 0.4) is 0 Å². The summed E-state index contributed by atoms with van der Waals surface area (Å²) in [5, 5.41) is 0.224. The SMILES string of the molecule is CC(=O)CCCS(=O)C(C)C. The molecule has 0 aliphatic heterocycles. The van der Waals surface area contributed by atoms with Gasteiger partial charge in [0.25, 0.3) is 0 Å². The minimum atomic E-state index is -0.740. The Bertz CT molecular complexity index is 152. The molecule has 0 saturated carbocycles. The first kappa shape index (κ1) is 10.8. The van der Waals surface area contributed by atoms with Crippen molar-refractivity contribution in [2.45, 2.75) is 38.9 Å². The molecule has 0 fully saturated rings. The Hall–Kier alpha value is -0.180. The summed E-state index contributed by atoms with van der Waals surface area (Å²) >= 11 is 0. The quantitative estimate of drug-likeness (QED) is 0.636. The predicted octanol–water partition coefficient (Wildman–Crippen LogP) is 1.51. The standard InChI is InChI=1S/C8H16O2S/c1-7(2)11(10)6-4-5-8(3)9/h7H,4-6H2,1-3H3. The average molecular weight is 176 g/mol. The average Bonchev–Trinajstić information content (AvgIpc) is 1.86. The summed E-state index contributed by atoms with van der Waals surface area (Å²) in [5.41, 5.74) is 0. The van der Waals surface area contributed by atoms with Crippen LogP contribution in [-0.4, -0.2) is 21.0 Å². The molecule has 0 aliphatic carbocycles. The van der Waals surface area contributed by atoms with E-state index in [1.54, 1.807) is 6.92 Å². The lowest BCUT2D eigenvalue weighted by molar-refractivity contribution is -0.117. The highest BCUT2D eigenvalue weighted by atomic mass is 32.2. The van der Waals surface area contributed by atoms with Crippen molar-refractivity contribution in [1.29, 1.82) is 0 Å². The van der Waals surface area contributed by atoms with Crippen LogP contribution in [0.1, 0.15) is 33.6 Å². The van der Waals surface area contributed by atoms with E-state index in [4.69, 9.17) is 0 Å². The molecular formula is C8H16O2S. The molecule has 11 heavy (non-hydrogen) atoms. The highest BCUT2D eigenvalue weighted by Crippen LogP contribution is 1.99. The van der Waals surface area contributed by atoms with Crippen LogP contribution in [0.15, 0.2) is 0 Å². The van der Waals surface area contributed by atoms with Crippen molar-refractivity contribution in [3.05, 3.63) is 0 Å². The lowest BCUT2D eigenvalue weighted by Crippen LogP contribution is -2.10. The van der Waals surface area contributed by atoms with Crippen molar-refractivity contribution in [1.82, 2.24) is 0 Å². The summed E-state index contributed by atoms with van der Waals surface area (Å²) in [6, 6.07) is 0. The van der Waals surface area contributed by atoms with Crippen LogP contribution in [0.5, 0.6) is 0 Å². The third-order valence-corrected chi connectivity index (χ3v) is 3.14. The number of hydrogen-bond acceptors (Lipinski definition) is 2. The van der Waals surface area contributed by atoms with Crippen LogP contribution in [0.4, 0.5) is 0 Å². The molecule has 0 saturated heterocycles. The Morgan fingerprint density at radius 2 is 2.00 bits per heavy atom. The number of ketones is 1. The molecule has 0 aromatic rings. The molecule has 0 bridgehead atoms. The van der Waals surface area contributed by atoms with Gasteiger partial charge in [-0.3, -0.25) is 4.21 Å². The van der Waals surface area contributed by atoms with Crippen LogP contribution < -0.4 is 0 Å². The maximum absolute atomic E-state index is 11.1. The molecule has 0 aromatic heterocycles. The first-order valence-electron chi connectivity index (χ1n) is 3.90. The van der Waals surface area contributed by atoms with E-state index in [9.17, 15) is 9.00 Å². The van der Waals surface area contributed by atoms with Crippen LogP contribution in [0.25, 0.3) is 0 Å². The molecule has 0 radical (unpaired) electrons. The molecule has 2 nitrogen and oxygen atoms in total. The lowest BCUT2D eigenvalue weighted by atomic mass is 10.3. The molecular weight excluding hydrogens is 160 g/mol. The van der Waals surface area contributed by atoms with Crippen molar-refractivity contribution in [2.24, 2.45) is 0 Å². The molecule has 0 rings (SSSR count). The summed E-state index contributed by atoms with van der Waals surface area (Å²) < 4.78 is 11.1. The summed E-state index contributed by atoms with van der Waals surface area (Å²) in [7, 11) is -0.740. The van der Waals surface area contributed by atoms with Crippen molar-refractivity contribution in [3.8, 4) is 0 Å². The van der Waals surface area contributed by atoms with E-state index in [-0.39, 0.29) is 11.0 Å². The summed E-state index contributed by atoms with van der Waals surface area (Å²) in [4.78, 5) is 10.5. The Kier molecular flexibility index (Phi) is 5.38. The Balaban J connectivity index is 3.39. The molecule has 1 atom stereocenters. The molecule has 3 heteroatoms. The van der Waals surface area contributed by atoms with Gasteiger partial charge >= 0.3 is 0 Å². The molecule has 0 aromatic carbocycles. The zero-order valence-corrected chi connectivity index (χ0v) is 8.24. The highest BCUT2D eigenvalue weighted by molar-refractivity contribution is 7.85. The molecule has 1 unspecified atom stereocenters. The zero-order chi connectivity index (χ0) is 8.85. The van der Waals surface area contributed by atoms with Crippen molar-refractivity contribution >= 4 is 16.6 Å². The third-order valence-electron chi connectivity index (χ3n) is 1.40. The highest BCUT2D eigenvalue weighted by Gasteiger charge is 2.04. The molecule has 0 aliphatic rings. The van der Waals surface area contributed by atoms with E-state index >= 15 is 0 Å². The normalized spacial score (nSPS) is 13.5. The number of carbonyl (C=O) groups is 1. The molecule has 0 spiro atoms. The fourth-order valence-corrected chi connectivity index (χ4v) is 1.60. The van der Waals surface area contributed by atoms with E-state index in [0.29, 0.717) is 12.2 Å². The minimum absolute atomic E-state index is 0.186. The van der Waals surface area contributed by atoms with E-state index in [1.165, 1.54) is 0 Å². The second kappa shape index (κ2) is 5.47. The van der Waals surface area contributed by atoms with Gasteiger partial charge in [0.05, 0.1) is 0 Å². The van der Waals surface area contributed by atoms with Gasteiger partial charge in [0, 0.05) is 28.2 Å². The lowest BCUT2D eigenvalue weighted by Gasteiger charge is -2.03. The number of carbonyl (C=O) groups excluding carboxylic acids is 1. The first-order chi connectivity index (χ1) is 5.04. The maximum Gasteiger partial charge on any atom is 0.129 e. The number of rotatable bonds is 5. The van der Waals surface area contributed by atoms with Crippen molar-refractivity contribution in [2.75, 3.05) is 5.75 Å². The Morgan fingerprint density at radius 1 is 1.45 bits per heavy atom. The molecule has 66 valence electrons. The van der Waals surface area contributed by atoms with Crippen LogP contribution in [-0.2, 0) is 15.6 Å². The molecule has 0 heterocycles. The topological polar surface area (TPSA) is 34.1 Å². The first-order valence-corrected chi connectivity index (χ1v) is 5.29. The summed E-state index contributed by atoms with van der Waals surface area (Å²) in [5.74, 6) is 0.850. The molecule has 0 N–H and O–H groups in total. The fraction of sp³-hybridized carbons (Fsp3) is 0.875. The van der Waals surface area contributed by atoms with Crippen LogP contribution in [0, 0.1) is 0 Å². The Labute approximate surface area is 70.8 Å². The monoisotopic (exact) mass is 176 g/mol. The maximum atomic E-state index is 11.1. The van der Waals surface area contributed by atoms with E-state index in [2.05, 4.69) is 0 Å². The number of Topliss-reactive ketones (excluding diaryl/α,β-unsaturated/α-hetero) is 1. The van der Waals surface area contributed by atoms with E-state index in [0.717, 1.165) is 6.42 Å². The van der Waals surface area contributed by atoms with Crippen molar-refractivity contribution in [3.63, 3.8) is 0 Å². The van der Waals surface area contributed by atoms with Gasteiger partial charge in [-0.05, 0) is 13.3 Å². The zero-order valence-electron chi connectivity index (χ0n) is 7.42. The van der Waals surface area contributed by atoms with Crippen LogP contribution >= 0.6 is 0 Å². The van der Waals surface area contributed by atoms with Gasteiger partial charge in [-0.25, -0.2) is 0 Å². The van der Waals surface area contributed by atoms with Gasteiger partial charge in [0.1, 0.15) is 5.78 Å². The van der Waals surface area contributed by atoms with Gasteiger partial charge in [0.2, 0.25) is 0 Å². The largest absolute Gasteiger partial charge is 0.300 e. The van der Waals surface area contributed by atoms with E-state index < -0.39 is 10.8 Å². The summed E-state index contributed by atoms with van der Waals surface area (Å²) in [6.45, 7) is 5.44. The van der Waals surface area contributed by atoms with Gasteiger partial charge in [-0.2, -0.15) is 0 Å². The Morgan fingerprint density at radius 3 is 2.36 bits per heavy atom. The van der Waals surface area contributed by atoms with E-state index in [1.807, 2.05) is 13.8 Å². The second-order valence-corrected chi connectivity index (χ2v) is 5.05. The second-order valence-electron chi connectivity index (χ2n) is 2.94. The smallest absolute Gasteiger partial charge is 0.129 e.